The van der Waals surface area contributed by atoms with Crippen LogP contribution in [0.25, 0.3) is 0 Å². The third-order valence-electron chi connectivity index (χ3n) is 1.21. The zero-order valence-electron chi connectivity index (χ0n) is 8.69. The minimum atomic E-state index is -0.403. The number of rotatable bonds is 3. The molecule has 1 N–H and O–H groups in total. The summed E-state index contributed by atoms with van der Waals surface area (Å²) in [4.78, 5) is 11.1. The molecule has 0 bridgehead atoms. The Hall–Kier alpha value is 0. The Bertz CT molecular complexity index is 163. The van der Waals surface area contributed by atoms with Gasteiger partial charge in [-0.15, -0.1) is 0 Å². The van der Waals surface area contributed by atoms with Crippen molar-refractivity contribution in [1.82, 2.24) is 5.32 Å². The van der Waals surface area contributed by atoms with E-state index in [1.165, 1.54) is 0 Å². The second kappa shape index (κ2) is 5.67. The number of carbonyl (C=O) groups is 1. The van der Waals surface area contributed by atoms with Crippen LogP contribution >= 0.6 is 22.6 Å². The summed E-state index contributed by atoms with van der Waals surface area (Å²) in [5.74, 6) is 0. The molecule has 0 unspecified atom stereocenters. The Balaban J connectivity index is 3.53. The zero-order valence-corrected chi connectivity index (χ0v) is 10.8. The number of ether oxygens (including phenoxy) is 1. The van der Waals surface area contributed by atoms with Gasteiger partial charge in [0, 0.05) is 10.5 Å². The van der Waals surface area contributed by atoms with Crippen LogP contribution < -0.4 is 5.32 Å². The van der Waals surface area contributed by atoms with Gasteiger partial charge >= 0.3 is 6.09 Å². The molecule has 0 rings (SSSR count). The monoisotopic (exact) mass is 299 g/mol. The summed E-state index contributed by atoms with van der Waals surface area (Å²) in [5, 5.41) is 2.70. The van der Waals surface area contributed by atoms with E-state index in [1.54, 1.807) is 0 Å². The molecular weight excluding hydrogens is 281 g/mol. The molecule has 0 saturated carbocycles. The first kappa shape index (κ1) is 13.0. The second-order valence-corrected chi connectivity index (χ2v) is 6.12. The van der Waals surface area contributed by atoms with Gasteiger partial charge < -0.3 is 10.1 Å². The van der Waals surface area contributed by atoms with E-state index in [1.807, 2.05) is 20.8 Å². The molecule has 0 saturated heterocycles. The highest BCUT2D eigenvalue weighted by Crippen LogP contribution is 2.07. The van der Waals surface area contributed by atoms with Gasteiger partial charge in [-0.3, -0.25) is 0 Å². The van der Waals surface area contributed by atoms with Gasteiger partial charge in [0.05, 0.1) is 0 Å². The average molecular weight is 299 g/mol. The molecule has 0 aliphatic carbocycles. The van der Waals surface area contributed by atoms with Crippen LogP contribution in [0.1, 0.15) is 34.1 Å². The summed E-state index contributed by atoms with van der Waals surface area (Å²) in [6.45, 7) is 8.35. The molecule has 0 aromatic heterocycles. The molecule has 1 atom stereocenters. The van der Waals surface area contributed by atoms with Crippen molar-refractivity contribution in [2.24, 2.45) is 0 Å². The van der Waals surface area contributed by atoms with Crippen molar-refractivity contribution in [2.75, 3.05) is 6.54 Å². The van der Waals surface area contributed by atoms with Gasteiger partial charge in [0.2, 0.25) is 0 Å². The maximum atomic E-state index is 11.1. The highest BCUT2D eigenvalue weighted by Gasteiger charge is 2.15. The lowest BCUT2D eigenvalue weighted by Gasteiger charge is -2.19. The Morgan fingerprint density at radius 2 is 2.08 bits per heavy atom. The summed E-state index contributed by atoms with van der Waals surface area (Å²) < 4.78 is 5.64. The summed E-state index contributed by atoms with van der Waals surface area (Å²) in [7, 11) is 0. The van der Waals surface area contributed by atoms with Crippen LogP contribution in [0.4, 0.5) is 4.79 Å². The van der Waals surface area contributed by atoms with E-state index in [-0.39, 0.29) is 6.09 Å². The van der Waals surface area contributed by atoms with Crippen LogP contribution in [0, 0.1) is 0 Å². The fourth-order valence-corrected chi connectivity index (χ4v) is 0.999. The highest BCUT2D eigenvalue weighted by molar-refractivity contribution is 14.1. The van der Waals surface area contributed by atoms with Gasteiger partial charge in [0.1, 0.15) is 5.60 Å². The maximum Gasteiger partial charge on any atom is 0.407 e. The maximum absolute atomic E-state index is 11.1. The van der Waals surface area contributed by atoms with Gasteiger partial charge in [-0.05, 0) is 27.2 Å². The standard InChI is InChI=1S/C9H18INO2/c1-7(10)5-6-11-8(12)13-9(2,3)4/h7H,5-6H2,1-4H3,(H,11,12)/t7-/m1/s1. The first-order valence-corrected chi connectivity index (χ1v) is 5.67. The van der Waals surface area contributed by atoms with Gasteiger partial charge in [-0.2, -0.15) is 0 Å². The zero-order chi connectivity index (χ0) is 10.5. The number of carbonyl (C=O) groups excluding carboxylic acids is 1. The molecule has 4 heteroatoms. The molecule has 0 fully saturated rings. The van der Waals surface area contributed by atoms with Gasteiger partial charge in [0.25, 0.3) is 0 Å². The Labute approximate surface area is 93.7 Å². The molecule has 3 nitrogen and oxygen atoms in total. The highest BCUT2D eigenvalue weighted by atomic mass is 127. The average Bonchev–Trinajstić information content (AvgIpc) is 1.81. The SMILES string of the molecule is C[C@@H](I)CCNC(=O)OC(C)(C)C. The van der Waals surface area contributed by atoms with Crippen LogP contribution in [0.3, 0.4) is 0 Å². The van der Waals surface area contributed by atoms with E-state index in [4.69, 9.17) is 4.74 Å². The molecule has 0 radical (unpaired) electrons. The van der Waals surface area contributed by atoms with Crippen molar-refractivity contribution >= 4 is 28.7 Å². The van der Waals surface area contributed by atoms with E-state index in [9.17, 15) is 4.79 Å². The Kier molecular flexibility index (Phi) is 5.67. The topological polar surface area (TPSA) is 38.3 Å². The molecule has 1 amide bonds. The molecular formula is C9H18INO2. The Morgan fingerprint density at radius 1 is 1.54 bits per heavy atom. The van der Waals surface area contributed by atoms with Crippen molar-refractivity contribution in [2.45, 2.75) is 43.6 Å². The number of hydrogen-bond donors (Lipinski definition) is 1. The smallest absolute Gasteiger partial charge is 0.407 e. The fraction of sp³-hybridized carbons (Fsp3) is 0.889. The van der Waals surface area contributed by atoms with E-state index in [0.29, 0.717) is 10.5 Å². The number of alkyl carbamates (subject to hydrolysis) is 1. The molecule has 0 aromatic rings. The predicted octanol–water partition coefficient (Wildman–Crippen LogP) is 2.72. The largest absolute Gasteiger partial charge is 0.444 e. The fourth-order valence-electron chi connectivity index (χ4n) is 0.687. The Morgan fingerprint density at radius 3 is 2.46 bits per heavy atom. The lowest BCUT2D eigenvalue weighted by atomic mass is 10.2. The van der Waals surface area contributed by atoms with E-state index in [0.717, 1.165) is 6.42 Å². The summed E-state index contributed by atoms with van der Waals surface area (Å²) in [5.41, 5.74) is -0.403. The lowest BCUT2D eigenvalue weighted by molar-refractivity contribution is 0.0527. The molecule has 0 aliphatic rings. The van der Waals surface area contributed by atoms with E-state index >= 15 is 0 Å². The first-order valence-electron chi connectivity index (χ1n) is 4.42. The minimum Gasteiger partial charge on any atom is -0.444 e. The molecule has 0 aromatic carbocycles. The third-order valence-corrected chi connectivity index (χ3v) is 1.83. The van der Waals surface area contributed by atoms with E-state index in [2.05, 4.69) is 34.8 Å². The predicted molar refractivity (Wildman–Crippen MR) is 62.3 cm³/mol. The second-order valence-electron chi connectivity index (χ2n) is 4.00. The first-order chi connectivity index (χ1) is 5.81. The lowest BCUT2D eigenvalue weighted by Crippen LogP contribution is -2.33. The van der Waals surface area contributed by atoms with Gasteiger partial charge in [-0.25, -0.2) is 4.79 Å². The van der Waals surface area contributed by atoms with Crippen molar-refractivity contribution in [3.8, 4) is 0 Å². The molecule has 0 spiro atoms. The van der Waals surface area contributed by atoms with Crippen molar-refractivity contribution in [3.05, 3.63) is 0 Å². The van der Waals surface area contributed by atoms with Crippen LogP contribution in [0.15, 0.2) is 0 Å². The summed E-state index contributed by atoms with van der Waals surface area (Å²) >= 11 is 2.33. The normalized spacial score (nSPS) is 13.6. The third kappa shape index (κ3) is 9.92. The number of nitrogens with one attached hydrogen (secondary N) is 1. The number of alkyl halides is 1. The van der Waals surface area contributed by atoms with Crippen LogP contribution in [0.5, 0.6) is 0 Å². The van der Waals surface area contributed by atoms with Crippen LogP contribution in [-0.4, -0.2) is 22.2 Å². The van der Waals surface area contributed by atoms with E-state index < -0.39 is 5.60 Å². The van der Waals surface area contributed by atoms with Crippen molar-refractivity contribution in [3.63, 3.8) is 0 Å². The number of hydrogen-bond acceptors (Lipinski definition) is 2. The summed E-state index contributed by atoms with van der Waals surface area (Å²) in [6.07, 6.45) is 0.643. The minimum absolute atomic E-state index is 0.329. The molecule has 0 heterocycles. The molecule has 13 heavy (non-hydrogen) atoms. The van der Waals surface area contributed by atoms with Crippen LogP contribution in [-0.2, 0) is 4.74 Å². The number of halogens is 1. The summed E-state index contributed by atoms with van der Waals surface area (Å²) in [6, 6.07) is 0. The van der Waals surface area contributed by atoms with Gasteiger partial charge in [-0.1, -0.05) is 29.5 Å². The molecule has 0 aliphatic heterocycles. The van der Waals surface area contributed by atoms with Crippen molar-refractivity contribution < 1.29 is 9.53 Å². The quantitative estimate of drug-likeness (QED) is 0.643. The number of amides is 1. The van der Waals surface area contributed by atoms with Crippen molar-refractivity contribution in [1.29, 1.82) is 0 Å². The van der Waals surface area contributed by atoms with Gasteiger partial charge in [0.15, 0.2) is 0 Å². The van der Waals surface area contributed by atoms with Crippen LogP contribution in [0.2, 0.25) is 0 Å². The molecule has 78 valence electrons.